The van der Waals surface area contributed by atoms with Crippen LogP contribution in [0.1, 0.15) is 22.6 Å². The first kappa shape index (κ1) is 15.4. The monoisotopic (exact) mass is 340 g/mol. The molecule has 2 N–H and O–H groups in total. The number of carbonyl (C=O) groups is 1. The normalized spacial score (nSPS) is 11.4. The molecular formula is C17H17FN6O. The fraction of sp³-hybridized carbons (Fsp3) is 0.235. The van der Waals surface area contributed by atoms with Gasteiger partial charge in [0.1, 0.15) is 22.9 Å². The lowest BCUT2D eigenvalue weighted by molar-refractivity contribution is 0.0954. The van der Waals surface area contributed by atoms with Gasteiger partial charge in [-0.05, 0) is 24.6 Å². The molecule has 0 fully saturated rings. The van der Waals surface area contributed by atoms with Gasteiger partial charge in [0.25, 0.3) is 5.91 Å². The number of aryl methyl sites for hydroxylation is 2. The van der Waals surface area contributed by atoms with Crippen molar-refractivity contribution >= 4 is 22.6 Å². The number of hydrogen-bond acceptors (Lipinski definition) is 3. The summed E-state index contributed by atoms with van der Waals surface area (Å²) in [6, 6.07) is 4.47. The van der Waals surface area contributed by atoms with Crippen LogP contribution in [-0.4, -0.2) is 36.6 Å². The van der Waals surface area contributed by atoms with Crippen molar-refractivity contribution in [3.63, 3.8) is 0 Å². The van der Waals surface area contributed by atoms with Crippen molar-refractivity contribution in [1.29, 1.82) is 0 Å². The zero-order valence-corrected chi connectivity index (χ0v) is 13.7. The zero-order chi connectivity index (χ0) is 17.4. The maximum absolute atomic E-state index is 13.2. The van der Waals surface area contributed by atoms with E-state index in [0.29, 0.717) is 24.0 Å². The Bertz CT molecular complexity index is 1060. The summed E-state index contributed by atoms with van der Waals surface area (Å²) in [6.07, 6.45) is 6.62. The number of halogens is 1. The summed E-state index contributed by atoms with van der Waals surface area (Å²) in [5.74, 6) is 0.344. The molecule has 0 aliphatic rings. The van der Waals surface area contributed by atoms with Crippen LogP contribution in [0.25, 0.3) is 16.7 Å². The third-order valence-electron chi connectivity index (χ3n) is 4.15. The van der Waals surface area contributed by atoms with E-state index in [1.54, 1.807) is 23.0 Å². The van der Waals surface area contributed by atoms with E-state index in [1.807, 2.05) is 17.8 Å². The summed E-state index contributed by atoms with van der Waals surface area (Å²) in [5, 5.41) is 7.06. The molecule has 128 valence electrons. The number of imidazole rings is 2. The molecule has 0 saturated heterocycles. The smallest absolute Gasteiger partial charge is 0.256 e. The topological polar surface area (TPSA) is 80.0 Å². The van der Waals surface area contributed by atoms with Crippen LogP contribution < -0.4 is 5.32 Å². The van der Waals surface area contributed by atoms with E-state index in [-0.39, 0.29) is 11.7 Å². The van der Waals surface area contributed by atoms with Crippen molar-refractivity contribution in [2.24, 2.45) is 7.05 Å². The standard InChI is InChI=1S/C17H17FN6O/c1-23-7-8-24-17(23)12(10-20-24)16(25)19-6-2-3-15-21-13-5-4-11(18)9-14(13)22-15/h4-5,7-10H,2-3,6H2,1H3,(H,19,25)(H,21,22). The number of hydrogen-bond donors (Lipinski definition) is 2. The molecule has 0 radical (unpaired) electrons. The molecule has 4 rings (SSSR count). The number of nitrogens with zero attached hydrogens (tertiary/aromatic N) is 4. The van der Waals surface area contributed by atoms with E-state index in [9.17, 15) is 9.18 Å². The van der Waals surface area contributed by atoms with E-state index in [2.05, 4.69) is 20.4 Å². The van der Waals surface area contributed by atoms with Crippen molar-refractivity contribution in [3.05, 3.63) is 54.0 Å². The van der Waals surface area contributed by atoms with Crippen molar-refractivity contribution in [3.8, 4) is 0 Å². The number of aromatic amines is 1. The lowest BCUT2D eigenvalue weighted by Gasteiger charge is -2.03. The molecule has 8 heteroatoms. The summed E-state index contributed by atoms with van der Waals surface area (Å²) in [5.41, 5.74) is 2.74. The van der Waals surface area contributed by atoms with Crippen LogP contribution in [0.15, 0.2) is 36.8 Å². The van der Waals surface area contributed by atoms with E-state index < -0.39 is 0 Å². The van der Waals surface area contributed by atoms with Gasteiger partial charge in [0, 0.05) is 32.4 Å². The maximum Gasteiger partial charge on any atom is 0.256 e. The Hall–Kier alpha value is -3.16. The summed E-state index contributed by atoms with van der Waals surface area (Å²) in [4.78, 5) is 19.8. The van der Waals surface area contributed by atoms with Gasteiger partial charge < -0.3 is 14.9 Å². The number of benzene rings is 1. The van der Waals surface area contributed by atoms with Gasteiger partial charge in [-0.15, -0.1) is 0 Å². The first-order valence-electron chi connectivity index (χ1n) is 8.03. The Kier molecular flexibility index (Phi) is 3.72. The van der Waals surface area contributed by atoms with Gasteiger partial charge >= 0.3 is 0 Å². The maximum atomic E-state index is 13.2. The van der Waals surface area contributed by atoms with Gasteiger partial charge in [0.2, 0.25) is 0 Å². The highest BCUT2D eigenvalue weighted by Crippen LogP contribution is 2.14. The van der Waals surface area contributed by atoms with Gasteiger partial charge in [-0.1, -0.05) is 0 Å². The molecule has 0 aliphatic carbocycles. The molecule has 0 spiro atoms. The molecule has 3 aromatic heterocycles. The molecule has 0 unspecified atom stereocenters. The van der Waals surface area contributed by atoms with E-state index in [4.69, 9.17) is 0 Å². The quantitative estimate of drug-likeness (QED) is 0.546. The van der Waals surface area contributed by atoms with Gasteiger partial charge in [0.05, 0.1) is 17.2 Å². The molecule has 0 aliphatic heterocycles. The Labute approximate surface area is 142 Å². The average molecular weight is 340 g/mol. The Morgan fingerprint density at radius 3 is 3.12 bits per heavy atom. The van der Waals surface area contributed by atoms with Crippen LogP contribution in [-0.2, 0) is 13.5 Å². The minimum absolute atomic E-state index is 0.150. The predicted molar refractivity (Wildman–Crippen MR) is 90.9 cm³/mol. The lowest BCUT2D eigenvalue weighted by atomic mass is 10.2. The summed E-state index contributed by atoms with van der Waals surface area (Å²) in [7, 11) is 1.87. The number of H-pyrrole nitrogens is 1. The molecule has 1 amide bonds. The highest BCUT2D eigenvalue weighted by Gasteiger charge is 2.14. The third kappa shape index (κ3) is 2.86. The van der Waals surface area contributed by atoms with Crippen LogP contribution >= 0.6 is 0 Å². The number of carbonyl (C=O) groups excluding carboxylic acids is 1. The first-order chi connectivity index (χ1) is 12.1. The second kappa shape index (κ2) is 6.04. The minimum Gasteiger partial charge on any atom is -0.352 e. The second-order valence-electron chi connectivity index (χ2n) is 5.94. The van der Waals surface area contributed by atoms with Crippen LogP contribution in [0.4, 0.5) is 4.39 Å². The molecule has 7 nitrogen and oxygen atoms in total. The molecule has 0 atom stereocenters. The lowest BCUT2D eigenvalue weighted by Crippen LogP contribution is -2.25. The van der Waals surface area contributed by atoms with Crippen molar-refractivity contribution in [1.82, 2.24) is 29.5 Å². The number of nitrogens with one attached hydrogen (secondary N) is 2. The van der Waals surface area contributed by atoms with E-state index >= 15 is 0 Å². The molecule has 1 aromatic carbocycles. The molecule has 0 bridgehead atoms. The largest absolute Gasteiger partial charge is 0.352 e. The number of rotatable bonds is 5. The highest BCUT2D eigenvalue weighted by atomic mass is 19.1. The summed E-state index contributed by atoms with van der Waals surface area (Å²) in [6.45, 7) is 0.520. The Balaban J connectivity index is 1.35. The number of fused-ring (bicyclic) bond motifs is 2. The fourth-order valence-corrected chi connectivity index (χ4v) is 2.92. The van der Waals surface area contributed by atoms with Crippen molar-refractivity contribution < 1.29 is 9.18 Å². The SMILES string of the molecule is Cn1ccn2ncc(C(=O)NCCCc3nc4ccc(F)cc4[nH]3)c12. The van der Waals surface area contributed by atoms with Crippen LogP contribution in [0.5, 0.6) is 0 Å². The van der Waals surface area contributed by atoms with Crippen LogP contribution in [0.2, 0.25) is 0 Å². The summed E-state index contributed by atoms with van der Waals surface area (Å²) >= 11 is 0. The minimum atomic E-state index is -0.289. The average Bonchev–Trinajstić information content (AvgIpc) is 3.27. The Morgan fingerprint density at radius 2 is 2.24 bits per heavy atom. The molecule has 3 heterocycles. The fourth-order valence-electron chi connectivity index (χ4n) is 2.92. The first-order valence-corrected chi connectivity index (χ1v) is 8.03. The molecule has 25 heavy (non-hydrogen) atoms. The van der Waals surface area contributed by atoms with Crippen LogP contribution in [0.3, 0.4) is 0 Å². The molecular weight excluding hydrogens is 323 g/mol. The van der Waals surface area contributed by atoms with Crippen molar-refractivity contribution in [2.45, 2.75) is 12.8 Å². The second-order valence-corrected chi connectivity index (χ2v) is 5.94. The molecule has 4 aromatic rings. The Morgan fingerprint density at radius 1 is 1.36 bits per heavy atom. The van der Waals surface area contributed by atoms with E-state index in [0.717, 1.165) is 23.4 Å². The predicted octanol–water partition coefficient (Wildman–Crippen LogP) is 2.05. The third-order valence-corrected chi connectivity index (χ3v) is 4.15. The molecule has 0 saturated carbocycles. The van der Waals surface area contributed by atoms with Crippen LogP contribution in [0, 0.1) is 5.82 Å². The van der Waals surface area contributed by atoms with Gasteiger partial charge in [-0.2, -0.15) is 5.10 Å². The number of amides is 1. The van der Waals surface area contributed by atoms with Gasteiger partial charge in [-0.25, -0.2) is 13.9 Å². The van der Waals surface area contributed by atoms with Crippen molar-refractivity contribution in [2.75, 3.05) is 6.54 Å². The number of aromatic nitrogens is 5. The highest BCUT2D eigenvalue weighted by molar-refractivity contribution is 5.99. The van der Waals surface area contributed by atoms with E-state index in [1.165, 1.54) is 12.1 Å². The summed E-state index contributed by atoms with van der Waals surface area (Å²) < 4.78 is 16.7. The zero-order valence-electron chi connectivity index (χ0n) is 13.7. The van der Waals surface area contributed by atoms with Gasteiger partial charge in [-0.3, -0.25) is 4.79 Å². The van der Waals surface area contributed by atoms with Gasteiger partial charge in [0.15, 0.2) is 0 Å².